The number of hydrogen-bond donors (Lipinski definition) is 0. The fraction of sp³-hybridized carbons (Fsp3) is 0.333. The van der Waals surface area contributed by atoms with E-state index in [9.17, 15) is 0 Å². The second-order valence-corrected chi connectivity index (χ2v) is 1.63. The van der Waals surface area contributed by atoms with E-state index in [2.05, 4.69) is 26.3 Å². The molecule has 0 rings (SSSR count). The van der Waals surface area contributed by atoms with Gasteiger partial charge in [0.05, 0.1) is 0 Å². The van der Waals surface area contributed by atoms with Crippen LogP contribution in [-0.2, 0) is 21.7 Å². The summed E-state index contributed by atoms with van der Waals surface area (Å²) in [5, 5.41) is 0. The van der Waals surface area contributed by atoms with Gasteiger partial charge in [0.15, 0.2) is 0 Å². The monoisotopic (exact) mass is 216 g/mol. The Morgan fingerprint density at radius 1 is 0.538 bits per heavy atom. The molecule has 0 nitrogen and oxygen atoms in total. The van der Waals surface area contributed by atoms with Gasteiger partial charge in [-0.1, -0.05) is 24.3 Å². The maximum absolute atomic E-state index is 3.36. The van der Waals surface area contributed by atoms with Gasteiger partial charge in [-0.15, -0.1) is 26.3 Å². The van der Waals surface area contributed by atoms with Crippen molar-refractivity contribution < 1.29 is 21.7 Å². The minimum atomic E-state index is 0. The van der Waals surface area contributed by atoms with Gasteiger partial charge in [0.2, 0.25) is 0 Å². The number of allylic oxidation sites excluding steroid dienone is 4. The van der Waals surface area contributed by atoms with Crippen LogP contribution in [0.25, 0.3) is 0 Å². The molecule has 0 heterocycles. The predicted molar refractivity (Wildman–Crippen MR) is 63.5 cm³/mol. The molecule has 0 saturated carbocycles. The van der Waals surface area contributed by atoms with E-state index in [4.69, 9.17) is 0 Å². The van der Waals surface area contributed by atoms with Gasteiger partial charge in [0.25, 0.3) is 0 Å². The first-order valence-corrected chi connectivity index (χ1v) is 3.94. The second kappa shape index (κ2) is 98.5. The average Bonchev–Trinajstić information content (AvgIpc) is 1.92. The van der Waals surface area contributed by atoms with Gasteiger partial charge >= 0.3 is 0 Å². The maximum atomic E-state index is 3.36. The Hall–Kier alpha value is -0.326. The molecule has 13 heavy (non-hydrogen) atoms. The quantitative estimate of drug-likeness (QED) is 0.404. The maximum Gasteiger partial charge on any atom is 0 e. The van der Waals surface area contributed by atoms with E-state index >= 15 is 0 Å². The zero-order valence-corrected chi connectivity index (χ0v) is 11.2. The van der Waals surface area contributed by atoms with Crippen LogP contribution in [0.2, 0.25) is 0 Å². The molecule has 0 radical (unpaired) electrons. The van der Waals surface area contributed by atoms with Gasteiger partial charge in [-0.3, -0.25) is 0 Å². The molecule has 1 heteroatoms. The molecular formula is C12H24Ti. The predicted octanol–water partition coefficient (Wildman–Crippen LogP) is 4.77. The van der Waals surface area contributed by atoms with Crippen LogP contribution in [0.4, 0.5) is 0 Å². The van der Waals surface area contributed by atoms with Crippen LogP contribution in [0, 0.1) is 0 Å². The number of hydrogen-bond acceptors (Lipinski definition) is 0. The SMILES string of the molecule is C=CC.C=CC.C=CC.C=CC.[Ti]. The third kappa shape index (κ3) is 10300. The van der Waals surface area contributed by atoms with Gasteiger partial charge < -0.3 is 0 Å². The fourth-order valence-electron chi connectivity index (χ4n) is 0. The van der Waals surface area contributed by atoms with Crippen LogP contribution in [-0.4, -0.2) is 0 Å². The Kier molecular flexibility index (Phi) is 222. The van der Waals surface area contributed by atoms with Crippen molar-refractivity contribution in [2.75, 3.05) is 0 Å². The minimum absolute atomic E-state index is 0. The van der Waals surface area contributed by atoms with Crippen molar-refractivity contribution in [3.05, 3.63) is 50.6 Å². The van der Waals surface area contributed by atoms with E-state index in [1.54, 1.807) is 24.3 Å². The summed E-state index contributed by atoms with van der Waals surface area (Å²) in [6.45, 7) is 21.0. The smallest absolute Gasteiger partial charge is 0 e. The van der Waals surface area contributed by atoms with Gasteiger partial charge in [0.1, 0.15) is 0 Å². The summed E-state index contributed by atoms with van der Waals surface area (Å²) >= 11 is 0. The Bertz CT molecular complexity index is 59.1. The first-order chi connectivity index (χ1) is 5.66. The van der Waals surface area contributed by atoms with Crippen molar-refractivity contribution in [1.29, 1.82) is 0 Å². The molecule has 0 atom stereocenters. The Morgan fingerprint density at radius 2 is 0.538 bits per heavy atom. The van der Waals surface area contributed by atoms with E-state index in [1.165, 1.54) is 0 Å². The Labute approximate surface area is 100 Å². The second-order valence-electron chi connectivity index (χ2n) is 1.63. The van der Waals surface area contributed by atoms with Crippen LogP contribution < -0.4 is 0 Å². The van der Waals surface area contributed by atoms with Gasteiger partial charge in [-0.05, 0) is 27.7 Å². The molecule has 0 aromatic heterocycles. The summed E-state index contributed by atoms with van der Waals surface area (Å²) in [5.41, 5.74) is 0. The fourth-order valence-corrected chi connectivity index (χ4v) is 0. The van der Waals surface area contributed by atoms with Crippen molar-refractivity contribution in [1.82, 2.24) is 0 Å². The zero-order chi connectivity index (χ0) is 10.8. The van der Waals surface area contributed by atoms with Crippen molar-refractivity contribution in [3.63, 3.8) is 0 Å². The number of rotatable bonds is 0. The molecule has 0 aliphatic heterocycles. The van der Waals surface area contributed by atoms with Crippen molar-refractivity contribution in [3.8, 4) is 0 Å². The van der Waals surface area contributed by atoms with Crippen LogP contribution in [0.1, 0.15) is 27.7 Å². The molecule has 0 bridgehead atoms. The molecule has 0 aliphatic carbocycles. The van der Waals surface area contributed by atoms with Gasteiger partial charge in [0, 0.05) is 21.7 Å². The third-order valence-electron chi connectivity index (χ3n) is 0. The molecule has 0 aromatic rings. The summed E-state index contributed by atoms with van der Waals surface area (Å²) < 4.78 is 0. The molecule has 0 aromatic carbocycles. The van der Waals surface area contributed by atoms with Gasteiger partial charge in [-0.25, -0.2) is 0 Å². The molecule has 0 unspecified atom stereocenters. The van der Waals surface area contributed by atoms with E-state index in [0.717, 1.165) is 0 Å². The largest absolute Gasteiger partial charge is 0.103 e. The molecule has 0 N–H and O–H groups in total. The van der Waals surface area contributed by atoms with E-state index in [1.807, 2.05) is 27.7 Å². The van der Waals surface area contributed by atoms with Crippen LogP contribution in [0.3, 0.4) is 0 Å². The standard InChI is InChI=1S/4C3H6.Ti/c4*1-3-2;/h4*3H,1H2,2H3;. The summed E-state index contributed by atoms with van der Waals surface area (Å²) in [5.74, 6) is 0. The van der Waals surface area contributed by atoms with Crippen molar-refractivity contribution in [2.24, 2.45) is 0 Å². The normalized spacial score (nSPS) is 4.00. The minimum Gasteiger partial charge on any atom is -0.103 e. The van der Waals surface area contributed by atoms with Crippen molar-refractivity contribution in [2.45, 2.75) is 27.7 Å². The molecule has 0 saturated heterocycles. The topological polar surface area (TPSA) is 0 Å². The molecular weight excluding hydrogens is 192 g/mol. The first kappa shape index (κ1) is 29.3. The third-order valence-corrected chi connectivity index (χ3v) is 0. The van der Waals surface area contributed by atoms with Crippen molar-refractivity contribution >= 4 is 0 Å². The Morgan fingerprint density at radius 3 is 0.538 bits per heavy atom. The van der Waals surface area contributed by atoms with E-state index in [0.29, 0.717) is 0 Å². The summed E-state index contributed by atoms with van der Waals surface area (Å²) in [4.78, 5) is 0. The van der Waals surface area contributed by atoms with E-state index < -0.39 is 0 Å². The molecule has 76 valence electrons. The molecule has 0 fully saturated rings. The van der Waals surface area contributed by atoms with E-state index in [-0.39, 0.29) is 21.7 Å². The molecule has 0 amide bonds. The van der Waals surface area contributed by atoms with Gasteiger partial charge in [-0.2, -0.15) is 0 Å². The van der Waals surface area contributed by atoms with Crippen LogP contribution in [0.15, 0.2) is 50.6 Å². The first-order valence-electron chi connectivity index (χ1n) is 3.94. The Balaban J connectivity index is -0.0000000213. The zero-order valence-electron chi connectivity index (χ0n) is 9.64. The average molecular weight is 216 g/mol. The summed E-state index contributed by atoms with van der Waals surface area (Å²) in [6, 6.07) is 0. The summed E-state index contributed by atoms with van der Waals surface area (Å²) in [6.07, 6.45) is 7.00. The molecule has 0 spiro atoms. The summed E-state index contributed by atoms with van der Waals surface area (Å²) in [7, 11) is 0. The van der Waals surface area contributed by atoms with Crippen LogP contribution >= 0.6 is 0 Å². The molecule has 0 aliphatic rings. The van der Waals surface area contributed by atoms with Crippen LogP contribution in [0.5, 0.6) is 0 Å².